The number of fused-ring (bicyclic) bond motifs is 1. The number of hydrogen-bond acceptors (Lipinski definition) is 7. The number of nitrogens with two attached hydrogens (primary N) is 1. The smallest absolute Gasteiger partial charge is 0.271 e. The van der Waals surface area contributed by atoms with Crippen LogP contribution in [0.3, 0.4) is 0 Å². The quantitative estimate of drug-likeness (QED) is 0.606. The summed E-state index contributed by atoms with van der Waals surface area (Å²) in [6, 6.07) is 9.71. The molecule has 0 radical (unpaired) electrons. The van der Waals surface area contributed by atoms with Crippen LogP contribution in [0.15, 0.2) is 42.7 Å². The van der Waals surface area contributed by atoms with E-state index in [1.165, 1.54) is 6.20 Å². The molecule has 1 fully saturated rings. The first-order valence-electron chi connectivity index (χ1n) is 9.30. The first-order valence-corrected chi connectivity index (χ1v) is 9.30. The lowest BCUT2D eigenvalue weighted by Crippen LogP contribution is -2.30. The second-order valence-corrected chi connectivity index (χ2v) is 6.95. The van der Waals surface area contributed by atoms with Gasteiger partial charge in [0.1, 0.15) is 5.82 Å². The van der Waals surface area contributed by atoms with E-state index in [2.05, 4.69) is 25.6 Å². The number of nitrogens with one attached hydrogen (secondary N) is 2. The third-order valence-electron chi connectivity index (χ3n) is 4.84. The van der Waals surface area contributed by atoms with Gasteiger partial charge in [0.05, 0.1) is 23.6 Å². The van der Waals surface area contributed by atoms with Crippen molar-refractivity contribution in [3.05, 3.63) is 48.4 Å². The minimum atomic E-state index is -0.677. The Bertz CT molecular complexity index is 1090. The molecule has 9 nitrogen and oxygen atoms in total. The number of hydrogen-bond donors (Lipinski definition) is 3. The molecule has 0 saturated carbocycles. The summed E-state index contributed by atoms with van der Waals surface area (Å²) < 4.78 is 0. The lowest BCUT2D eigenvalue weighted by molar-refractivity contribution is -0.127. The SMILES string of the molecule is CC(=O)N1CCC(Nc2cnc(C(N)=O)c(Nc3cnc4ccccc4c3)n2)C1. The minimum absolute atomic E-state index is 0.0421. The van der Waals surface area contributed by atoms with Crippen molar-refractivity contribution in [1.82, 2.24) is 19.9 Å². The molecule has 0 spiro atoms. The average Bonchev–Trinajstić information content (AvgIpc) is 3.17. The van der Waals surface area contributed by atoms with Gasteiger partial charge in [0.15, 0.2) is 11.5 Å². The zero-order chi connectivity index (χ0) is 20.4. The summed E-state index contributed by atoms with van der Waals surface area (Å²) in [7, 11) is 0. The number of anilines is 3. The first kappa shape index (κ1) is 18.6. The molecule has 2 aromatic heterocycles. The van der Waals surface area contributed by atoms with E-state index in [0.717, 1.165) is 17.3 Å². The zero-order valence-electron chi connectivity index (χ0n) is 15.9. The van der Waals surface area contributed by atoms with Crippen LogP contribution in [0.5, 0.6) is 0 Å². The van der Waals surface area contributed by atoms with Crippen LogP contribution in [0.1, 0.15) is 23.8 Å². The van der Waals surface area contributed by atoms with Gasteiger partial charge in [0.25, 0.3) is 5.91 Å². The van der Waals surface area contributed by atoms with E-state index in [9.17, 15) is 9.59 Å². The highest BCUT2D eigenvalue weighted by molar-refractivity contribution is 5.96. The Kier molecular flexibility index (Phi) is 4.94. The number of carbonyl (C=O) groups is 2. The standard InChI is InChI=1S/C20H21N7O2/c1-12(28)27-7-6-14(11-27)24-17-10-23-18(19(21)29)20(26-17)25-15-8-13-4-2-3-5-16(13)22-9-15/h2-5,8-10,14H,6-7,11H2,1H3,(H2,21,29)(H2,24,25,26). The van der Waals surface area contributed by atoms with Crippen molar-refractivity contribution >= 4 is 40.0 Å². The van der Waals surface area contributed by atoms with Crippen LogP contribution in [0.4, 0.5) is 17.3 Å². The molecule has 1 aromatic carbocycles. The van der Waals surface area contributed by atoms with Gasteiger partial charge in [-0.1, -0.05) is 18.2 Å². The van der Waals surface area contributed by atoms with Gasteiger partial charge in [-0.3, -0.25) is 14.6 Å². The van der Waals surface area contributed by atoms with Crippen LogP contribution in [0, 0.1) is 0 Å². The van der Waals surface area contributed by atoms with Crippen LogP contribution < -0.4 is 16.4 Å². The van der Waals surface area contributed by atoms with Crippen molar-refractivity contribution in [3.63, 3.8) is 0 Å². The predicted octanol–water partition coefficient (Wildman–Crippen LogP) is 1.90. The summed E-state index contributed by atoms with van der Waals surface area (Å²) in [6.45, 7) is 2.86. The third-order valence-corrected chi connectivity index (χ3v) is 4.84. The average molecular weight is 391 g/mol. The van der Waals surface area contributed by atoms with Crippen molar-refractivity contribution in [2.75, 3.05) is 23.7 Å². The largest absolute Gasteiger partial charge is 0.364 e. The molecule has 1 aliphatic heterocycles. The summed E-state index contributed by atoms with van der Waals surface area (Å²) >= 11 is 0. The normalized spacial score (nSPS) is 16.0. The zero-order valence-corrected chi connectivity index (χ0v) is 15.9. The molecule has 148 valence electrons. The second kappa shape index (κ2) is 7.70. The highest BCUT2D eigenvalue weighted by atomic mass is 16.2. The molecule has 4 N–H and O–H groups in total. The van der Waals surface area contributed by atoms with Crippen molar-refractivity contribution in [3.8, 4) is 0 Å². The molecule has 4 rings (SSSR count). The van der Waals surface area contributed by atoms with E-state index in [0.29, 0.717) is 24.6 Å². The fourth-order valence-electron chi connectivity index (χ4n) is 3.38. The van der Waals surface area contributed by atoms with Gasteiger partial charge < -0.3 is 21.3 Å². The Labute approximate surface area is 167 Å². The number of primary amides is 1. The molecule has 3 heterocycles. The number of benzene rings is 1. The highest BCUT2D eigenvalue weighted by Crippen LogP contribution is 2.23. The van der Waals surface area contributed by atoms with Crippen LogP contribution in [0.25, 0.3) is 10.9 Å². The summed E-state index contributed by atoms with van der Waals surface area (Å²) in [5, 5.41) is 7.32. The fourth-order valence-corrected chi connectivity index (χ4v) is 3.38. The number of pyridine rings is 1. The number of likely N-dealkylation sites (tertiary alicyclic amines) is 1. The van der Waals surface area contributed by atoms with Gasteiger partial charge >= 0.3 is 0 Å². The molecule has 0 aliphatic carbocycles. The molecular formula is C20H21N7O2. The predicted molar refractivity (Wildman–Crippen MR) is 110 cm³/mol. The third kappa shape index (κ3) is 4.08. The summed E-state index contributed by atoms with van der Waals surface area (Å²) in [5.74, 6) is 0.127. The summed E-state index contributed by atoms with van der Waals surface area (Å²) in [5.41, 5.74) is 7.04. The maximum Gasteiger partial charge on any atom is 0.271 e. The minimum Gasteiger partial charge on any atom is -0.364 e. The molecule has 3 aromatic rings. The molecule has 29 heavy (non-hydrogen) atoms. The number of amides is 2. The number of rotatable bonds is 5. The lowest BCUT2D eigenvalue weighted by Gasteiger charge is -2.16. The van der Waals surface area contributed by atoms with Crippen molar-refractivity contribution < 1.29 is 9.59 Å². The Hall–Kier alpha value is -3.75. The summed E-state index contributed by atoms with van der Waals surface area (Å²) in [4.78, 5) is 38.2. The highest BCUT2D eigenvalue weighted by Gasteiger charge is 2.24. The lowest BCUT2D eigenvalue weighted by atomic mass is 10.2. The van der Waals surface area contributed by atoms with Gasteiger partial charge in [0, 0.05) is 31.4 Å². The second-order valence-electron chi connectivity index (χ2n) is 6.95. The molecule has 1 atom stereocenters. The molecule has 2 amide bonds. The van der Waals surface area contributed by atoms with E-state index in [1.54, 1.807) is 18.0 Å². The van der Waals surface area contributed by atoms with Gasteiger partial charge in [-0.2, -0.15) is 0 Å². The van der Waals surface area contributed by atoms with E-state index in [1.807, 2.05) is 30.3 Å². The van der Waals surface area contributed by atoms with Crippen molar-refractivity contribution in [1.29, 1.82) is 0 Å². The van der Waals surface area contributed by atoms with Gasteiger partial charge in [-0.05, 0) is 18.6 Å². The van der Waals surface area contributed by atoms with Crippen LogP contribution in [-0.4, -0.2) is 50.8 Å². The van der Waals surface area contributed by atoms with Crippen LogP contribution >= 0.6 is 0 Å². The van der Waals surface area contributed by atoms with Crippen molar-refractivity contribution in [2.24, 2.45) is 5.73 Å². The number of aromatic nitrogens is 3. The molecule has 1 saturated heterocycles. The van der Waals surface area contributed by atoms with Gasteiger partial charge in [-0.25, -0.2) is 9.97 Å². The van der Waals surface area contributed by atoms with Gasteiger partial charge in [-0.15, -0.1) is 0 Å². The van der Waals surface area contributed by atoms with E-state index in [4.69, 9.17) is 5.73 Å². The van der Waals surface area contributed by atoms with E-state index >= 15 is 0 Å². The maximum absolute atomic E-state index is 11.8. The summed E-state index contributed by atoms with van der Waals surface area (Å²) in [6.07, 6.45) is 3.95. The number of carbonyl (C=O) groups excluding carboxylic acids is 2. The molecule has 1 unspecified atom stereocenters. The Morgan fingerprint density at radius 3 is 2.79 bits per heavy atom. The van der Waals surface area contributed by atoms with Crippen LogP contribution in [0.2, 0.25) is 0 Å². The Balaban J connectivity index is 1.58. The number of para-hydroxylation sites is 1. The Morgan fingerprint density at radius 2 is 2.03 bits per heavy atom. The topological polar surface area (TPSA) is 126 Å². The van der Waals surface area contributed by atoms with E-state index < -0.39 is 5.91 Å². The van der Waals surface area contributed by atoms with E-state index in [-0.39, 0.29) is 23.5 Å². The molecular weight excluding hydrogens is 370 g/mol. The number of nitrogens with zero attached hydrogens (tertiary/aromatic N) is 4. The maximum atomic E-state index is 11.8. The first-order chi connectivity index (χ1) is 14.0. The monoisotopic (exact) mass is 391 g/mol. The van der Waals surface area contributed by atoms with Gasteiger partial charge in [0.2, 0.25) is 5.91 Å². The van der Waals surface area contributed by atoms with Crippen molar-refractivity contribution in [2.45, 2.75) is 19.4 Å². The molecule has 1 aliphatic rings. The molecule has 0 bridgehead atoms. The molecule has 9 heteroatoms. The fraction of sp³-hybridized carbons (Fsp3) is 0.250. The Morgan fingerprint density at radius 1 is 1.21 bits per heavy atom. The van der Waals surface area contributed by atoms with Crippen LogP contribution in [-0.2, 0) is 4.79 Å².